The Morgan fingerprint density at radius 1 is 1.19 bits per heavy atom. The van der Waals surface area contributed by atoms with Gasteiger partial charge in [0.1, 0.15) is 29.7 Å². The van der Waals surface area contributed by atoms with E-state index in [2.05, 4.69) is 10.3 Å². The Bertz CT molecular complexity index is 1300. The number of nitrogens with zero attached hydrogens (tertiary/aromatic N) is 5. The Hall–Kier alpha value is -3.57. The average Bonchev–Trinajstić information content (AvgIpc) is 3.48. The molecule has 6 rings (SSSR count). The third-order valence-electron chi connectivity index (χ3n) is 7.94. The Morgan fingerprint density at radius 3 is 2.84 bits per heavy atom. The minimum absolute atomic E-state index is 0.119. The minimum Gasteiger partial charge on any atom is -0.465 e. The van der Waals surface area contributed by atoms with E-state index in [4.69, 9.17) is 9.47 Å². The van der Waals surface area contributed by atoms with Crippen molar-refractivity contribution in [2.24, 2.45) is 11.8 Å². The predicted octanol–water partition coefficient (Wildman–Crippen LogP) is 0.642. The van der Waals surface area contributed by atoms with Gasteiger partial charge in [0, 0.05) is 6.54 Å². The van der Waals surface area contributed by atoms with Gasteiger partial charge in [0.2, 0.25) is 5.91 Å². The van der Waals surface area contributed by atoms with Crippen LogP contribution in [-0.4, -0.2) is 91.2 Å². The monoisotopic (exact) mass is 507 g/mol. The van der Waals surface area contributed by atoms with Gasteiger partial charge in [-0.15, -0.1) is 5.10 Å². The summed E-state index contributed by atoms with van der Waals surface area (Å²) in [5.74, 6) is -3.03. The number of ether oxygens (including phenoxy) is 2. The first kappa shape index (κ1) is 23.8. The maximum Gasteiger partial charge on any atom is 0.312 e. The molecule has 0 bridgehead atoms. The first-order chi connectivity index (χ1) is 18.0. The van der Waals surface area contributed by atoms with Crippen LogP contribution < -0.4 is 0 Å². The molecule has 0 saturated carbocycles. The number of esters is 1. The molecule has 5 heterocycles. The van der Waals surface area contributed by atoms with Gasteiger partial charge in [0.15, 0.2) is 0 Å². The van der Waals surface area contributed by atoms with E-state index in [1.165, 1.54) is 4.90 Å². The number of aliphatic hydroxyl groups is 1. The molecule has 6 atom stereocenters. The first-order valence-electron chi connectivity index (χ1n) is 12.7. The molecular formula is C26H29N5O6. The largest absolute Gasteiger partial charge is 0.465 e. The van der Waals surface area contributed by atoms with Crippen molar-refractivity contribution in [2.75, 3.05) is 19.8 Å². The van der Waals surface area contributed by atoms with E-state index in [9.17, 15) is 19.5 Å². The lowest BCUT2D eigenvalue weighted by atomic mass is 9.77. The molecule has 2 aromatic rings. The summed E-state index contributed by atoms with van der Waals surface area (Å²) >= 11 is 0. The number of hydrogen-bond donors (Lipinski definition) is 1. The van der Waals surface area contributed by atoms with Crippen LogP contribution in [0.1, 0.15) is 19.8 Å². The van der Waals surface area contributed by atoms with Crippen LogP contribution in [-0.2, 0) is 30.5 Å². The molecule has 0 radical (unpaired) electrons. The van der Waals surface area contributed by atoms with Crippen LogP contribution in [0.3, 0.4) is 0 Å². The summed E-state index contributed by atoms with van der Waals surface area (Å²) in [6.07, 6.45) is 7.57. The maximum atomic E-state index is 14.3. The number of likely N-dealkylation sites (tertiary alicyclic amines) is 1. The lowest BCUT2D eigenvalue weighted by molar-refractivity contribution is -0.157. The summed E-state index contributed by atoms with van der Waals surface area (Å²) in [5.41, 5.74) is 0.126. The summed E-state index contributed by atoms with van der Waals surface area (Å²) in [5, 5.41) is 18.6. The van der Waals surface area contributed by atoms with E-state index in [1.54, 1.807) is 21.7 Å². The van der Waals surface area contributed by atoms with Gasteiger partial charge in [-0.25, -0.2) is 4.68 Å². The van der Waals surface area contributed by atoms with Crippen molar-refractivity contribution >= 4 is 28.8 Å². The van der Waals surface area contributed by atoms with Crippen LogP contribution in [0.4, 0.5) is 0 Å². The van der Waals surface area contributed by atoms with Gasteiger partial charge in [-0.1, -0.05) is 48.6 Å². The quantitative estimate of drug-likeness (QED) is 0.462. The molecule has 2 saturated heterocycles. The summed E-state index contributed by atoms with van der Waals surface area (Å²) in [4.78, 5) is 44.5. The van der Waals surface area contributed by atoms with E-state index >= 15 is 0 Å². The van der Waals surface area contributed by atoms with Crippen LogP contribution in [0.15, 0.2) is 48.6 Å². The van der Waals surface area contributed by atoms with Crippen molar-refractivity contribution in [3.63, 3.8) is 0 Å². The van der Waals surface area contributed by atoms with E-state index < -0.39 is 41.6 Å². The molecule has 1 unspecified atom stereocenters. The molecule has 1 spiro atoms. The highest BCUT2D eigenvalue weighted by Crippen LogP contribution is 2.53. The van der Waals surface area contributed by atoms with E-state index in [-0.39, 0.29) is 38.2 Å². The molecule has 1 N–H and O–H groups in total. The third kappa shape index (κ3) is 3.51. The molecule has 4 aliphatic rings. The fourth-order valence-electron chi connectivity index (χ4n) is 6.21. The molecule has 11 nitrogen and oxygen atoms in total. The number of aliphatic hydroxyl groups excluding tert-OH is 1. The number of para-hydroxylation sites is 1. The zero-order valence-electron chi connectivity index (χ0n) is 20.5. The number of aromatic nitrogens is 3. The molecule has 11 heteroatoms. The Balaban J connectivity index is 1.43. The zero-order chi connectivity index (χ0) is 25.7. The van der Waals surface area contributed by atoms with Gasteiger partial charge in [-0.2, -0.15) is 0 Å². The Morgan fingerprint density at radius 2 is 2.03 bits per heavy atom. The summed E-state index contributed by atoms with van der Waals surface area (Å²) in [6.45, 7) is 2.14. The molecular weight excluding hydrogens is 478 g/mol. The zero-order valence-corrected chi connectivity index (χ0v) is 20.5. The summed E-state index contributed by atoms with van der Waals surface area (Å²) in [6, 6.07) is 5.82. The number of benzene rings is 1. The molecule has 4 aliphatic heterocycles. The minimum atomic E-state index is -1.36. The highest BCUT2D eigenvalue weighted by molar-refractivity contribution is 5.99. The lowest BCUT2D eigenvalue weighted by Crippen LogP contribution is -2.58. The maximum absolute atomic E-state index is 14.3. The van der Waals surface area contributed by atoms with E-state index in [0.717, 1.165) is 5.52 Å². The number of carbonyl (C=O) groups excluding carboxylic acids is 3. The van der Waals surface area contributed by atoms with Gasteiger partial charge in [-0.3, -0.25) is 14.4 Å². The van der Waals surface area contributed by atoms with Gasteiger partial charge < -0.3 is 24.4 Å². The number of carbonyl (C=O) groups is 3. The molecule has 2 amide bonds. The fraction of sp³-hybridized carbons (Fsp3) is 0.500. The van der Waals surface area contributed by atoms with Crippen LogP contribution in [0.25, 0.3) is 11.0 Å². The SMILES string of the molecule is CC[C@@H](CO)N1C(=O)[C@@H]2[C@@H]3C(=O)OCCC=C[C@@H]3O[C@@]23C=CCN(Cn2nnc4ccccc42)C(=O)C13. The van der Waals surface area contributed by atoms with Crippen molar-refractivity contribution in [1.82, 2.24) is 24.8 Å². The van der Waals surface area contributed by atoms with Crippen molar-refractivity contribution in [2.45, 2.75) is 50.2 Å². The van der Waals surface area contributed by atoms with Crippen molar-refractivity contribution in [3.05, 3.63) is 48.6 Å². The molecule has 0 aliphatic carbocycles. The highest BCUT2D eigenvalue weighted by Gasteiger charge is 2.72. The highest BCUT2D eigenvalue weighted by atomic mass is 16.6. The average molecular weight is 508 g/mol. The second kappa shape index (κ2) is 9.07. The number of cyclic esters (lactones) is 1. The third-order valence-corrected chi connectivity index (χ3v) is 7.94. The second-order valence-electron chi connectivity index (χ2n) is 9.90. The number of fused-ring (bicyclic) bond motifs is 3. The van der Waals surface area contributed by atoms with Crippen LogP contribution in [0.2, 0.25) is 0 Å². The number of hydrogen-bond acceptors (Lipinski definition) is 8. The van der Waals surface area contributed by atoms with Gasteiger partial charge in [0.05, 0.1) is 36.8 Å². The van der Waals surface area contributed by atoms with Crippen molar-refractivity contribution < 1.29 is 29.0 Å². The Labute approximate surface area is 213 Å². The topological polar surface area (TPSA) is 127 Å². The predicted molar refractivity (Wildman–Crippen MR) is 129 cm³/mol. The van der Waals surface area contributed by atoms with Gasteiger partial charge in [-0.05, 0) is 25.0 Å². The fourth-order valence-corrected chi connectivity index (χ4v) is 6.21. The molecule has 2 fully saturated rings. The summed E-state index contributed by atoms with van der Waals surface area (Å²) < 4.78 is 13.6. The van der Waals surface area contributed by atoms with Crippen molar-refractivity contribution in [1.29, 1.82) is 0 Å². The Kier molecular flexibility index (Phi) is 5.84. The molecule has 1 aromatic carbocycles. The van der Waals surface area contributed by atoms with Gasteiger partial charge >= 0.3 is 5.97 Å². The van der Waals surface area contributed by atoms with Crippen LogP contribution in [0, 0.1) is 11.8 Å². The number of amides is 2. The van der Waals surface area contributed by atoms with Crippen LogP contribution in [0.5, 0.6) is 0 Å². The standard InChI is InChI=1S/C26H29N5O6/c1-2-16(14-32)31-22-24(34)29(15-30-18-9-4-3-8-17(18)27-28-30)12-7-11-26(22)21(23(31)33)20-19(37-26)10-5-6-13-36-25(20)35/h3-5,7-11,16,19-22,32H,2,6,12-15H2,1H3/t16-,19-,20+,21-,22?,26-/m0/s1. The second-order valence-corrected chi connectivity index (χ2v) is 9.90. The lowest BCUT2D eigenvalue weighted by Gasteiger charge is -2.38. The molecule has 194 valence electrons. The molecule has 1 aromatic heterocycles. The van der Waals surface area contributed by atoms with Crippen molar-refractivity contribution in [3.8, 4) is 0 Å². The summed E-state index contributed by atoms with van der Waals surface area (Å²) in [7, 11) is 0. The first-order valence-corrected chi connectivity index (χ1v) is 12.7. The smallest absolute Gasteiger partial charge is 0.312 e. The van der Waals surface area contributed by atoms with E-state index in [1.807, 2.05) is 43.3 Å². The number of rotatable bonds is 5. The van der Waals surface area contributed by atoms with Crippen LogP contribution >= 0.6 is 0 Å². The van der Waals surface area contributed by atoms with Gasteiger partial charge in [0.25, 0.3) is 5.91 Å². The molecule has 37 heavy (non-hydrogen) atoms. The normalized spacial score (nSPS) is 32.0. The van der Waals surface area contributed by atoms with E-state index in [0.29, 0.717) is 18.4 Å².